The van der Waals surface area contributed by atoms with Crippen LogP contribution in [0.4, 0.5) is 5.69 Å². The van der Waals surface area contributed by atoms with Crippen LogP contribution in [0.3, 0.4) is 0 Å². The fourth-order valence-corrected chi connectivity index (χ4v) is 3.82. The number of hydrogen-bond donors (Lipinski definition) is 1. The van der Waals surface area contributed by atoms with Gasteiger partial charge in [0, 0.05) is 6.54 Å². The first kappa shape index (κ1) is 22.7. The van der Waals surface area contributed by atoms with Gasteiger partial charge in [-0.15, -0.1) is 0 Å². The number of carbonyl (C=O) groups excluding carboxylic acids is 1. The molecule has 1 N–H and O–H groups in total. The summed E-state index contributed by atoms with van der Waals surface area (Å²) in [5, 5.41) is 2.81. The molecule has 0 bridgehead atoms. The summed E-state index contributed by atoms with van der Waals surface area (Å²) in [4.78, 5) is 12.3. The first-order chi connectivity index (χ1) is 13.7. The first-order valence-electron chi connectivity index (χ1n) is 9.68. The van der Waals surface area contributed by atoms with E-state index in [2.05, 4.69) is 19.2 Å². The van der Waals surface area contributed by atoms with Gasteiger partial charge in [-0.2, -0.15) is 0 Å². The average Bonchev–Trinajstić information content (AvgIpc) is 2.69. The Kier molecular flexibility index (Phi) is 8.08. The third kappa shape index (κ3) is 7.09. The number of nitrogens with zero attached hydrogens (tertiary/aromatic N) is 1. The summed E-state index contributed by atoms with van der Waals surface area (Å²) in [6, 6.07) is 15.1. The summed E-state index contributed by atoms with van der Waals surface area (Å²) in [7, 11) is -1.94. The number of nitrogens with one attached hydrogen (secondary N) is 1. The second-order valence-electron chi connectivity index (χ2n) is 7.32. The molecular formula is C22H30N2O4S. The maximum absolute atomic E-state index is 12.3. The second kappa shape index (κ2) is 10.3. The second-order valence-corrected chi connectivity index (χ2v) is 9.23. The highest BCUT2D eigenvalue weighted by atomic mass is 32.2. The summed E-state index contributed by atoms with van der Waals surface area (Å²) in [6.07, 6.45) is 2.66. The monoisotopic (exact) mass is 418 g/mol. The van der Waals surface area contributed by atoms with Crippen LogP contribution in [0, 0.1) is 0 Å². The van der Waals surface area contributed by atoms with Crippen LogP contribution in [0.5, 0.6) is 5.75 Å². The molecule has 0 aliphatic rings. The summed E-state index contributed by atoms with van der Waals surface area (Å²) < 4.78 is 30.7. The number of benzene rings is 2. The standard InChI is InChI=1S/C22H30N2O4S/c1-17(2)19-10-12-20(13-11-19)24(29(4,26)27)16-22(25)23-14-6-8-18-7-5-9-21(15-18)28-3/h5,7,9-13,15,17H,6,8,14,16H2,1-4H3,(H,23,25). The van der Waals surface area contributed by atoms with Crippen LogP contribution in [0.25, 0.3) is 0 Å². The normalized spacial score (nSPS) is 11.3. The van der Waals surface area contributed by atoms with Crippen LogP contribution in [0.15, 0.2) is 48.5 Å². The maximum Gasteiger partial charge on any atom is 0.240 e. The number of aryl methyl sites for hydroxylation is 1. The van der Waals surface area contributed by atoms with Crippen molar-refractivity contribution in [1.29, 1.82) is 0 Å². The predicted octanol–water partition coefficient (Wildman–Crippen LogP) is 3.33. The van der Waals surface area contributed by atoms with Crippen molar-refractivity contribution >= 4 is 21.6 Å². The van der Waals surface area contributed by atoms with Gasteiger partial charge in [0.05, 0.1) is 19.1 Å². The van der Waals surface area contributed by atoms with Crippen LogP contribution >= 0.6 is 0 Å². The predicted molar refractivity (Wildman–Crippen MR) is 117 cm³/mol. The molecule has 29 heavy (non-hydrogen) atoms. The van der Waals surface area contributed by atoms with Crippen molar-refractivity contribution in [2.24, 2.45) is 0 Å². The van der Waals surface area contributed by atoms with E-state index in [0.29, 0.717) is 18.2 Å². The van der Waals surface area contributed by atoms with E-state index in [-0.39, 0.29) is 12.5 Å². The van der Waals surface area contributed by atoms with E-state index >= 15 is 0 Å². The SMILES string of the molecule is COc1cccc(CCCNC(=O)CN(c2ccc(C(C)C)cc2)S(C)(=O)=O)c1. The van der Waals surface area contributed by atoms with Gasteiger partial charge in [0.25, 0.3) is 0 Å². The minimum Gasteiger partial charge on any atom is -0.497 e. The number of anilines is 1. The Morgan fingerprint density at radius 3 is 2.41 bits per heavy atom. The first-order valence-corrected chi connectivity index (χ1v) is 11.5. The molecule has 0 saturated heterocycles. The Bertz CT molecular complexity index is 909. The molecule has 1 amide bonds. The lowest BCUT2D eigenvalue weighted by atomic mass is 10.0. The molecule has 0 spiro atoms. The van der Waals surface area contributed by atoms with Gasteiger partial charge in [-0.3, -0.25) is 9.10 Å². The van der Waals surface area contributed by atoms with E-state index < -0.39 is 10.0 Å². The van der Waals surface area contributed by atoms with Gasteiger partial charge in [-0.25, -0.2) is 8.42 Å². The smallest absolute Gasteiger partial charge is 0.240 e. The Labute approximate surface area is 173 Å². The molecule has 7 heteroatoms. The maximum atomic E-state index is 12.3. The van der Waals surface area contributed by atoms with Crippen LogP contribution < -0.4 is 14.4 Å². The molecule has 2 aromatic carbocycles. The van der Waals surface area contributed by atoms with Gasteiger partial charge in [0.15, 0.2) is 0 Å². The lowest BCUT2D eigenvalue weighted by Gasteiger charge is -2.22. The van der Waals surface area contributed by atoms with E-state index in [1.54, 1.807) is 19.2 Å². The quantitative estimate of drug-likeness (QED) is 0.601. The summed E-state index contributed by atoms with van der Waals surface area (Å²) in [6.45, 7) is 4.38. The van der Waals surface area contributed by atoms with Crippen molar-refractivity contribution in [2.75, 3.05) is 30.8 Å². The molecule has 0 saturated carbocycles. The minimum atomic E-state index is -3.57. The molecule has 0 aliphatic heterocycles. The molecule has 6 nitrogen and oxygen atoms in total. The molecular weight excluding hydrogens is 388 g/mol. The number of methoxy groups -OCH3 is 1. The van der Waals surface area contributed by atoms with Crippen molar-refractivity contribution in [1.82, 2.24) is 5.32 Å². The van der Waals surface area contributed by atoms with Crippen LogP contribution in [0.1, 0.15) is 37.3 Å². The molecule has 0 unspecified atom stereocenters. The summed E-state index contributed by atoms with van der Waals surface area (Å²) in [5.41, 5.74) is 2.73. The largest absolute Gasteiger partial charge is 0.497 e. The van der Waals surface area contributed by atoms with E-state index in [1.807, 2.05) is 36.4 Å². The molecule has 0 heterocycles. The summed E-state index contributed by atoms with van der Waals surface area (Å²) in [5.74, 6) is 0.830. The van der Waals surface area contributed by atoms with Gasteiger partial charge in [0.1, 0.15) is 12.3 Å². The van der Waals surface area contributed by atoms with E-state index in [1.165, 1.54) is 0 Å². The average molecular weight is 419 g/mol. The molecule has 0 aromatic heterocycles. The Morgan fingerprint density at radius 1 is 1.14 bits per heavy atom. The van der Waals surface area contributed by atoms with E-state index in [4.69, 9.17) is 4.74 Å². The molecule has 0 fully saturated rings. The number of hydrogen-bond acceptors (Lipinski definition) is 4. The topological polar surface area (TPSA) is 75.7 Å². The van der Waals surface area contributed by atoms with Crippen LogP contribution in [0.2, 0.25) is 0 Å². The van der Waals surface area contributed by atoms with Gasteiger partial charge in [-0.1, -0.05) is 38.1 Å². The fourth-order valence-electron chi connectivity index (χ4n) is 2.96. The number of rotatable bonds is 10. The van der Waals surface area contributed by atoms with Crippen LogP contribution in [-0.4, -0.2) is 40.8 Å². The number of amides is 1. The number of sulfonamides is 1. The highest BCUT2D eigenvalue weighted by molar-refractivity contribution is 7.92. The van der Waals surface area contributed by atoms with Crippen LogP contribution in [-0.2, 0) is 21.2 Å². The number of carbonyl (C=O) groups is 1. The third-order valence-corrected chi connectivity index (χ3v) is 5.77. The molecule has 2 rings (SSSR count). The van der Waals surface area contributed by atoms with Crippen molar-refractivity contribution in [3.8, 4) is 5.75 Å². The van der Waals surface area contributed by atoms with Gasteiger partial charge in [-0.05, 0) is 54.2 Å². The zero-order valence-electron chi connectivity index (χ0n) is 17.5. The highest BCUT2D eigenvalue weighted by Crippen LogP contribution is 2.21. The lowest BCUT2D eigenvalue weighted by molar-refractivity contribution is -0.119. The highest BCUT2D eigenvalue weighted by Gasteiger charge is 2.20. The Morgan fingerprint density at radius 2 is 1.83 bits per heavy atom. The van der Waals surface area contributed by atoms with Crippen molar-refractivity contribution < 1.29 is 17.9 Å². The zero-order chi connectivity index (χ0) is 21.4. The molecule has 0 aliphatic carbocycles. The van der Waals surface area contributed by atoms with Gasteiger partial charge < -0.3 is 10.1 Å². The summed E-state index contributed by atoms with van der Waals surface area (Å²) >= 11 is 0. The van der Waals surface area contributed by atoms with E-state index in [0.717, 1.165) is 40.3 Å². The Balaban J connectivity index is 1.91. The van der Waals surface area contributed by atoms with Gasteiger partial charge >= 0.3 is 0 Å². The third-order valence-electron chi connectivity index (χ3n) is 4.63. The molecule has 158 valence electrons. The molecule has 2 aromatic rings. The Hall–Kier alpha value is -2.54. The van der Waals surface area contributed by atoms with Crippen molar-refractivity contribution in [2.45, 2.75) is 32.6 Å². The molecule has 0 radical (unpaired) electrons. The van der Waals surface area contributed by atoms with E-state index in [9.17, 15) is 13.2 Å². The minimum absolute atomic E-state index is 0.237. The molecule has 0 atom stereocenters. The lowest BCUT2D eigenvalue weighted by Crippen LogP contribution is -2.40. The number of ether oxygens (including phenoxy) is 1. The zero-order valence-corrected chi connectivity index (χ0v) is 18.3. The van der Waals surface area contributed by atoms with Crippen molar-refractivity contribution in [3.63, 3.8) is 0 Å². The van der Waals surface area contributed by atoms with Crippen molar-refractivity contribution in [3.05, 3.63) is 59.7 Å². The fraction of sp³-hybridized carbons (Fsp3) is 0.409. The van der Waals surface area contributed by atoms with Gasteiger partial charge in [0.2, 0.25) is 15.9 Å².